The monoisotopic (exact) mass is 358 g/mol. The van der Waals surface area contributed by atoms with E-state index in [4.69, 9.17) is 26.0 Å². The summed E-state index contributed by atoms with van der Waals surface area (Å²) in [6.07, 6.45) is 2.66. The highest BCUT2D eigenvalue weighted by molar-refractivity contribution is 6.31. The second-order valence-electron chi connectivity index (χ2n) is 5.07. The molecule has 0 fully saturated rings. The predicted octanol–water partition coefficient (Wildman–Crippen LogP) is 3.26. The van der Waals surface area contributed by atoms with Crippen molar-refractivity contribution in [1.82, 2.24) is 5.32 Å². The molecule has 1 N–H and O–H groups in total. The van der Waals surface area contributed by atoms with Crippen molar-refractivity contribution in [2.24, 2.45) is 0 Å². The van der Waals surface area contributed by atoms with Gasteiger partial charge in [0.2, 0.25) is 0 Å². The van der Waals surface area contributed by atoms with E-state index in [0.717, 1.165) is 5.56 Å². The zero-order chi connectivity index (χ0) is 18.2. The van der Waals surface area contributed by atoms with Gasteiger partial charge in [-0.15, -0.1) is 0 Å². The Hall–Kier alpha value is -3.04. The molecule has 0 bridgehead atoms. The molecule has 0 aliphatic carbocycles. The molecular weight excluding hydrogens is 344 g/mol. The van der Waals surface area contributed by atoms with Crippen LogP contribution in [-0.2, 0) is 14.3 Å². The highest BCUT2D eigenvalue weighted by Gasteiger charge is 2.16. The highest BCUT2D eigenvalue weighted by atomic mass is 35.5. The number of carbonyl (C=O) groups excluding carboxylic acids is 2. The van der Waals surface area contributed by atoms with Crippen molar-refractivity contribution in [3.63, 3.8) is 0 Å². The largest absolute Gasteiger partial charge is 0.465 e. The highest BCUT2D eigenvalue weighted by Crippen LogP contribution is 2.21. The number of nitriles is 1. The van der Waals surface area contributed by atoms with Crippen LogP contribution in [0.4, 0.5) is 0 Å². The molecule has 1 amide bonds. The molecule has 25 heavy (non-hydrogen) atoms. The number of nitrogens with zero attached hydrogens (tertiary/aromatic N) is 1. The molecule has 0 radical (unpaired) electrons. The Bertz CT molecular complexity index is 822. The molecule has 128 valence electrons. The summed E-state index contributed by atoms with van der Waals surface area (Å²) < 4.78 is 9.88. The summed E-state index contributed by atoms with van der Waals surface area (Å²) in [6, 6.07) is 11.7. The number of esters is 1. The maximum atomic E-state index is 11.9. The van der Waals surface area contributed by atoms with Gasteiger partial charge in [0.1, 0.15) is 17.4 Å². The Balaban J connectivity index is 1.90. The average Bonchev–Trinajstić information content (AvgIpc) is 3.11. The predicted molar refractivity (Wildman–Crippen MR) is 91.3 cm³/mol. The van der Waals surface area contributed by atoms with Gasteiger partial charge in [0.15, 0.2) is 6.61 Å². The minimum atomic E-state index is -0.903. The molecule has 0 saturated heterocycles. The van der Waals surface area contributed by atoms with Crippen LogP contribution in [0.2, 0.25) is 5.02 Å². The first-order chi connectivity index (χ1) is 12.0. The van der Waals surface area contributed by atoms with Gasteiger partial charge < -0.3 is 14.5 Å². The summed E-state index contributed by atoms with van der Waals surface area (Å²) in [6.45, 7) is 1.25. The number of hydrogen-bond acceptors (Lipinski definition) is 5. The summed E-state index contributed by atoms with van der Waals surface area (Å²) in [5.41, 5.74) is 0.487. The number of nitrogens with one attached hydrogen (secondary N) is 1. The molecule has 1 atom stereocenters. The standard InChI is InChI=1S/C18H15ClN2O4/c1-12(15-6-2-3-7-16(15)19)21-17(22)11-25-18(23)13(10-20)9-14-5-4-8-24-14/h2-9,12H,11H2,1H3,(H,21,22)/b13-9+/t12-/m0/s1. The average molecular weight is 359 g/mol. The first-order valence-corrected chi connectivity index (χ1v) is 7.75. The van der Waals surface area contributed by atoms with Crippen LogP contribution in [0, 0.1) is 11.3 Å². The van der Waals surface area contributed by atoms with E-state index in [1.165, 1.54) is 12.3 Å². The molecule has 0 aliphatic heterocycles. The number of ether oxygens (including phenoxy) is 1. The lowest BCUT2D eigenvalue weighted by molar-refractivity contribution is -0.144. The van der Waals surface area contributed by atoms with Gasteiger partial charge >= 0.3 is 5.97 Å². The first kappa shape index (κ1) is 18.3. The van der Waals surface area contributed by atoms with Crippen LogP contribution >= 0.6 is 11.6 Å². The minimum Gasteiger partial charge on any atom is -0.465 e. The third-order valence-electron chi connectivity index (χ3n) is 3.25. The summed E-state index contributed by atoms with van der Waals surface area (Å²) in [7, 11) is 0. The van der Waals surface area contributed by atoms with Crippen molar-refractivity contribution in [2.75, 3.05) is 6.61 Å². The number of halogens is 1. The summed E-state index contributed by atoms with van der Waals surface area (Å²) >= 11 is 6.07. The SMILES string of the molecule is C[C@H](NC(=O)COC(=O)/C(C#N)=C/c1ccco1)c1ccccc1Cl. The van der Waals surface area contributed by atoms with Crippen molar-refractivity contribution >= 4 is 29.6 Å². The number of benzene rings is 1. The van der Waals surface area contributed by atoms with E-state index in [1.807, 2.05) is 6.07 Å². The molecule has 1 aromatic carbocycles. The van der Waals surface area contributed by atoms with Crippen molar-refractivity contribution in [2.45, 2.75) is 13.0 Å². The van der Waals surface area contributed by atoms with E-state index < -0.39 is 18.5 Å². The molecule has 0 unspecified atom stereocenters. The number of hydrogen-bond donors (Lipinski definition) is 1. The quantitative estimate of drug-likeness (QED) is 0.486. The van der Waals surface area contributed by atoms with Gasteiger partial charge in [-0.05, 0) is 30.7 Å². The van der Waals surface area contributed by atoms with Crippen molar-refractivity contribution < 1.29 is 18.7 Å². The van der Waals surface area contributed by atoms with Crippen molar-refractivity contribution in [1.29, 1.82) is 5.26 Å². The van der Waals surface area contributed by atoms with Crippen LogP contribution in [0.25, 0.3) is 6.08 Å². The zero-order valence-electron chi connectivity index (χ0n) is 13.4. The number of carbonyl (C=O) groups is 2. The number of rotatable bonds is 6. The number of amides is 1. The van der Waals surface area contributed by atoms with Crippen LogP contribution in [-0.4, -0.2) is 18.5 Å². The van der Waals surface area contributed by atoms with Crippen LogP contribution < -0.4 is 5.32 Å². The molecule has 0 saturated carbocycles. The second kappa shape index (κ2) is 8.71. The molecule has 1 heterocycles. The van der Waals surface area contributed by atoms with E-state index >= 15 is 0 Å². The van der Waals surface area contributed by atoms with E-state index in [-0.39, 0.29) is 11.6 Å². The van der Waals surface area contributed by atoms with Gasteiger partial charge in [0, 0.05) is 11.1 Å². The molecule has 6 nitrogen and oxygen atoms in total. The Morgan fingerprint density at radius 2 is 2.12 bits per heavy atom. The third-order valence-corrected chi connectivity index (χ3v) is 3.60. The van der Waals surface area contributed by atoms with E-state index in [9.17, 15) is 9.59 Å². The summed E-state index contributed by atoms with van der Waals surface area (Å²) in [5.74, 6) is -1.07. The van der Waals surface area contributed by atoms with Gasteiger partial charge in [-0.2, -0.15) is 5.26 Å². The van der Waals surface area contributed by atoms with Gasteiger partial charge in [-0.3, -0.25) is 4.79 Å². The Morgan fingerprint density at radius 1 is 1.36 bits per heavy atom. The lowest BCUT2D eigenvalue weighted by atomic mass is 10.1. The molecule has 2 aromatic rings. The molecule has 0 spiro atoms. The fraction of sp³-hybridized carbons (Fsp3) is 0.167. The van der Waals surface area contributed by atoms with Gasteiger partial charge in [-0.1, -0.05) is 29.8 Å². The summed E-state index contributed by atoms with van der Waals surface area (Å²) in [5, 5.41) is 12.2. The smallest absolute Gasteiger partial charge is 0.349 e. The summed E-state index contributed by atoms with van der Waals surface area (Å²) in [4.78, 5) is 23.8. The van der Waals surface area contributed by atoms with Gasteiger partial charge in [0.25, 0.3) is 5.91 Å². The maximum Gasteiger partial charge on any atom is 0.349 e. The van der Waals surface area contributed by atoms with Crippen LogP contribution in [0.15, 0.2) is 52.7 Å². The molecule has 2 rings (SSSR count). The third kappa shape index (κ3) is 5.23. The van der Waals surface area contributed by atoms with Crippen LogP contribution in [0.1, 0.15) is 24.3 Å². The topological polar surface area (TPSA) is 92.3 Å². The number of furan rings is 1. The normalized spacial score (nSPS) is 12.1. The lowest BCUT2D eigenvalue weighted by Gasteiger charge is -2.15. The zero-order valence-corrected chi connectivity index (χ0v) is 14.1. The Morgan fingerprint density at radius 3 is 2.76 bits per heavy atom. The molecule has 7 heteroatoms. The maximum absolute atomic E-state index is 11.9. The Labute approximate surface area is 149 Å². The van der Waals surface area contributed by atoms with E-state index in [1.54, 1.807) is 43.3 Å². The van der Waals surface area contributed by atoms with Crippen LogP contribution in [0.3, 0.4) is 0 Å². The van der Waals surface area contributed by atoms with Crippen molar-refractivity contribution in [3.05, 3.63) is 64.6 Å². The molecular formula is C18H15ClN2O4. The van der Waals surface area contributed by atoms with E-state index in [0.29, 0.717) is 10.8 Å². The minimum absolute atomic E-state index is 0.262. The molecule has 1 aromatic heterocycles. The second-order valence-corrected chi connectivity index (χ2v) is 5.48. The first-order valence-electron chi connectivity index (χ1n) is 7.37. The fourth-order valence-corrected chi connectivity index (χ4v) is 2.35. The van der Waals surface area contributed by atoms with Crippen LogP contribution in [0.5, 0.6) is 0 Å². The van der Waals surface area contributed by atoms with Crippen molar-refractivity contribution in [3.8, 4) is 6.07 Å². The van der Waals surface area contributed by atoms with Gasteiger partial charge in [-0.25, -0.2) is 4.79 Å². The lowest BCUT2D eigenvalue weighted by Crippen LogP contribution is -2.31. The van der Waals surface area contributed by atoms with Gasteiger partial charge in [0.05, 0.1) is 12.3 Å². The Kier molecular flexibility index (Phi) is 6.38. The molecule has 0 aliphatic rings. The van der Waals surface area contributed by atoms with E-state index in [2.05, 4.69) is 5.32 Å². The fourth-order valence-electron chi connectivity index (χ4n) is 2.05.